The van der Waals surface area contributed by atoms with Crippen molar-refractivity contribution in [1.29, 1.82) is 5.26 Å². The van der Waals surface area contributed by atoms with Crippen LogP contribution in [0.4, 0.5) is 5.69 Å². The number of fused-ring (bicyclic) bond motifs is 2. The number of esters is 1. The molecule has 148 valence electrons. The summed E-state index contributed by atoms with van der Waals surface area (Å²) in [4.78, 5) is 38.8. The number of nitriles is 1. The molecule has 8 nitrogen and oxygen atoms in total. The summed E-state index contributed by atoms with van der Waals surface area (Å²) in [5.41, 5.74) is 5.74. The molecule has 0 bridgehead atoms. The lowest BCUT2D eigenvalue weighted by molar-refractivity contribution is 0.0592. The van der Waals surface area contributed by atoms with E-state index < -0.39 is 23.3 Å². The first-order chi connectivity index (χ1) is 14.3. The maximum absolute atomic E-state index is 13.4. The molecule has 1 heterocycles. The monoisotopic (exact) mass is 465 g/mol. The summed E-state index contributed by atoms with van der Waals surface area (Å²) < 4.78 is 6.22. The van der Waals surface area contributed by atoms with Gasteiger partial charge in [0.2, 0.25) is 0 Å². The van der Waals surface area contributed by atoms with Gasteiger partial charge in [0.15, 0.2) is 17.3 Å². The predicted molar refractivity (Wildman–Crippen MR) is 109 cm³/mol. The molecular weight excluding hydrogens is 454 g/mol. The van der Waals surface area contributed by atoms with Gasteiger partial charge in [-0.3, -0.25) is 9.59 Å². The Morgan fingerprint density at radius 2 is 1.80 bits per heavy atom. The molecule has 0 saturated heterocycles. The van der Waals surface area contributed by atoms with E-state index in [0.29, 0.717) is 0 Å². The predicted octanol–water partition coefficient (Wildman–Crippen LogP) is 2.96. The zero-order valence-electron chi connectivity index (χ0n) is 15.4. The summed E-state index contributed by atoms with van der Waals surface area (Å²) in [5.74, 6) is -2.29. The Kier molecular flexibility index (Phi) is 4.44. The molecule has 0 radical (unpaired) electrons. The van der Waals surface area contributed by atoms with E-state index in [-0.39, 0.29) is 49.4 Å². The summed E-state index contributed by atoms with van der Waals surface area (Å²) in [6, 6.07) is 9.37. The lowest BCUT2D eigenvalue weighted by atomic mass is 9.82. The molecular formula is C21H12BrN3O5. The highest BCUT2D eigenvalue weighted by molar-refractivity contribution is 9.10. The molecule has 1 aliphatic rings. The summed E-state index contributed by atoms with van der Waals surface area (Å²) >= 11 is 3.29. The number of methoxy groups -OCH3 is 1. The van der Waals surface area contributed by atoms with Crippen LogP contribution in [0.1, 0.15) is 47.9 Å². The fraction of sp³-hybridized carbons (Fsp3) is 0.0476. The van der Waals surface area contributed by atoms with Crippen molar-refractivity contribution < 1.29 is 24.2 Å². The number of carbonyl (C=O) groups excluding carboxylic acids is 3. The van der Waals surface area contributed by atoms with Crippen LogP contribution in [0.3, 0.4) is 0 Å². The first-order valence-electron chi connectivity index (χ1n) is 8.55. The number of halogens is 1. The second-order valence-corrected chi connectivity index (χ2v) is 7.31. The molecule has 4 rings (SSSR count). The second kappa shape index (κ2) is 6.86. The number of nitrogen functional groups attached to an aromatic ring is 1. The number of anilines is 1. The number of benzene rings is 2. The normalized spacial score (nSPS) is 12.2. The third kappa shape index (κ3) is 2.54. The van der Waals surface area contributed by atoms with E-state index in [9.17, 15) is 24.8 Å². The average molecular weight is 466 g/mol. The first-order valence-corrected chi connectivity index (χ1v) is 9.34. The van der Waals surface area contributed by atoms with Crippen LogP contribution in [0.25, 0.3) is 5.69 Å². The number of hydrogen-bond donors (Lipinski definition) is 2. The Balaban J connectivity index is 2.14. The number of nitrogens with zero attached hydrogens (tertiary/aromatic N) is 2. The number of aromatic hydroxyl groups is 1. The van der Waals surface area contributed by atoms with Crippen molar-refractivity contribution in [1.82, 2.24) is 4.57 Å². The van der Waals surface area contributed by atoms with Crippen molar-refractivity contribution in [3.63, 3.8) is 0 Å². The summed E-state index contributed by atoms with van der Waals surface area (Å²) in [7, 11) is 1.15. The fourth-order valence-electron chi connectivity index (χ4n) is 3.55. The van der Waals surface area contributed by atoms with Crippen LogP contribution < -0.4 is 5.73 Å². The fourth-order valence-corrected chi connectivity index (χ4v) is 4.16. The maximum atomic E-state index is 13.4. The van der Waals surface area contributed by atoms with Crippen molar-refractivity contribution in [2.45, 2.75) is 0 Å². The van der Waals surface area contributed by atoms with Crippen LogP contribution in [0.5, 0.6) is 5.75 Å². The van der Waals surface area contributed by atoms with Crippen LogP contribution in [0.15, 0.2) is 41.0 Å². The second-order valence-electron chi connectivity index (χ2n) is 6.46. The standard InChI is InChI=1S/C21H12BrN3O5/c1-30-21(29)18-16(24)9(7-23)8-25(18)17-12(22)6-13(26)14-15(17)20(28)11-5-3-2-4-10(11)19(14)27/h2-6,8,26H,24H2,1H3. The largest absolute Gasteiger partial charge is 0.507 e. The van der Waals surface area contributed by atoms with E-state index in [0.717, 1.165) is 7.11 Å². The lowest BCUT2D eigenvalue weighted by Gasteiger charge is -2.23. The molecule has 0 unspecified atom stereocenters. The summed E-state index contributed by atoms with van der Waals surface area (Å²) in [6.07, 6.45) is 1.28. The molecule has 0 amide bonds. The molecule has 0 spiro atoms. The van der Waals surface area contributed by atoms with Gasteiger partial charge in [-0.05, 0) is 22.0 Å². The van der Waals surface area contributed by atoms with E-state index in [1.54, 1.807) is 12.1 Å². The average Bonchev–Trinajstić information content (AvgIpc) is 3.06. The van der Waals surface area contributed by atoms with Crippen LogP contribution in [-0.2, 0) is 4.74 Å². The van der Waals surface area contributed by atoms with Crippen LogP contribution >= 0.6 is 15.9 Å². The van der Waals surface area contributed by atoms with Crippen LogP contribution in [-0.4, -0.2) is 34.3 Å². The zero-order chi connectivity index (χ0) is 21.7. The number of rotatable bonds is 2. The third-order valence-electron chi connectivity index (χ3n) is 4.89. The molecule has 0 saturated carbocycles. The summed E-state index contributed by atoms with van der Waals surface area (Å²) in [6.45, 7) is 0. The van der Waals surface area contributed by atoms with Crippen molar-refractivity contribution in [2.75, 3.05) is 12.8 Å². The van der Waals surface area contributed by atoms with Gasteiger partial charge >= 0.3 is 5.97 Å². The summed E-state index contributed by atoms with van der Waals surface area (Å²) in [5, 5.41) is 19.8. The minimum atomic E-state index is -0.835. The number of ether oxygens (including phenoxy) is 1. The smallest absolute Gasteiger partial charge is 0.357 e. The van der Waals surface area contributed by atoms with E-state index in [4.69, 9.17) is 10.5 Å². The molecule has 9 heteroatoms. The van der Waals surface area contributed by atoms with Gasteiger partial charge in [0, 0.05) is 21.8 Å². The molecule has 0 fully saturated rings. The maximum Gasteiger partial charge on any atom is 0.357 e. The number of phenolic OH excluding ortho intramolecular Hbond substituents is 1. The van der Waals surface area contributed by atoms with E-state index in [1.807, 2.05) is 6.07 Å². The number of ketones is 2. The minimum absolute atomic E-state index is 0.0147. The molecule has 3 N–H and O–H groups in total. The van der Waals surface area contributed by atoms with Gasteiger partial charge in [-0.2, -0.15) is 5.26 Å². The molecule has 2 aromatic carbocycles. The molecule has 1 aliphatic carbocycles. The first kappa shape index (κ1) is 19.4. The van der Waals surface area contributed by atoms with Crippen LogP contribution in [0, 0.1) is 11.3 Å². The SMILES string of the molecule is COC(=O)c1c(N)c(C#N)cn1-c1c(Br)cc(O)c2c1C(=O)c1ccccc1C2=O. The van der Waals surface area contributed by atoms with E-state index >= 15 is 0 Å². The quantitative estimate of drug-likeness (QED) is 0.434. The molecule has 0 aliphatic heterocycles. The van der Waals surface area contributed by atoms with Crippen LogP contribution in [0.2, 0.25) is 0 Å². The van der Waals surface area contributed by atoms with Crippen molar-refractivity contribution >= 4 is 39.2 Å². The third-order valence-corrected chi connectivity index (χ3v) is 5.49. The lowest BCUT2D eigenvalue weighted by Crippen LogP contribution is -2.24. The van der Waals surface area contributed by atoms with Gasteiger partial charge in [0.05, 0.1) is 35.2 Å². The molecule has 30 heavy (non-hydrogen) atoms. The Bertz CT molecular complexity index is 1330. The Morgan fingerprint density at radius 1 is 1.20 bits per heavy atom. The van der Waals surface area contributed by atoms with Gasteiger partial charge in [0.25, 0.3) is 0 Å². The topological polar surface area (TPSA) is 135 Å². The molecule has 0 atom stereocenters. The van der Waals surface area contributed by atoms with Gasteiger partial charge in [-0.1, -0.05) is 24.3 Å². The number of hydrogen-bond acceptors (Lipinski definition) is 7. The number of aromatic nitrogens is 1. The van der Waals surface area contributed by atoms with E-state index in [1.165, 1.54) is 29.0 Å². The highest BCUT2D eigenvalue weighted by Gasteiger charge is 2.37. The highest BCUT2D eigenvalue weighted by Crippen LogP contribution is 2.41. The number of nitrogens with two attached hydrogens (primary N) is 1. The van der Waals surface area contributed by atoms with E-state index in [2.05, 4.69) is 15.9 Å². The number of carbonyl (C=O) groups is 3. The van der Waals surface area contributed by atoms with Crippen molar-refractivity contribution in [3.8, 4) is 17.5 Å². The molecule has 1 aromatic heterocycles. The van der Waals surface area contributed by atoms with Gasteiger partial charge < -0.3 is 20.1 Å². The van der Waals surface area contributed by atoms with Gasteiger partial charge in [-0.25, -0.2) is 4.79 Å². The zero-order valence-corrected chi connectivity index (χ0v) is 17.0. The Morgan fingerprint density at radius 3 is 2.37 bits per heavy atom. The van der Waals surface area contributed by atoms with Crippen molar-refractivity contribution in [3.05, 3.63) is 74.5 Å². The van der Waals surface area contributed by atoms with Gasteiger partial charge in [-0.15, -0.1) is 0 Å². The Labute approximate surface area is 178 Å². The van der Waals surface area contributed by atoms with Gasteiger partial charge in [0.1, 0.15) is 11.8 Å². The molecule has 3 aromatic rings. The number of phenols is 1. The minimum Gasteiger partial charge on any atom is -0.507 e. The van der Waals surface area contributed by atoms with Crippen molar-refractivity contribution in [2.24, 2.45) is 0 Å². The highest BCUT2D eigenvalue weighted by atomic mass is 79.9. The Hall–Kier alpha value is -3.90.